The molecule has 3 rings (SSSR count). The molecule has 0 saturated heterocycles. The second-order valence-corrected chi connectivity index (χ2v) is 5.57. The number of rotatable bonds is 3. The van der Waals surface area contributed by atoms with Crippen molar-refractivity contribution in [2.24, 2.45) is 5.16 Å². The average molecular weight is 300 g/mol. The number of esters is 1. The van der Waals surface area contributed by atoms with E-state index in [1.165, 1.54) is 7.11 Å². The third-order valence-corrected chi connectivity index (χ3v) is 4.28. The zero-order valence-electron chi connectivity index (χ0n) is 12.9. The summed E-state index contributed by atoms with van der Waals surface area (Å²) in [6.07, 6.45) is 3.62. The summed E-state index contributed by atoms with van der Waals surface area (Å²) in [6, 6.07) is 5.64. The molecule has 0 radical (unpaired) electrons. The predicted molar refractivity (Wildman–Crippen MR) is 84.8 cm³/mol. The lowest BCUT2D eigenvalue weighted by atomic mass is 9.93. The number of oxime groups is 1. The van der Waals surface area contributed by atoms with Crippen molar-refractivity contribution in [3.05, 3.63) is 35.0 Å². The van der Waals surface area contributed by atoms with Crippen molar-refractivity contribution in [1.29, 1.82) is 0 Å². The van der Waals surface area contributed by atoms with E-state index in [4.69, 9.17) is 4.74 Å². The van der Waals surface area contributed by atoms with E-state index in [0.717, 1.165) is 54.4 Å². The summed E-state index contributed by atoms with van der Waals surface area (Å²) >= 11 is 0. The van der Waals surface area contributed by atoms with E-state index in [0.29, 0.717) is 11.3 Å². The van der Waals surface area contributed by atoms with Crippen LogP contribution in [0.2, 0.25) is 0 Å². The van der Waals surface area contributed by atoms with E-state index in [-0.39, 0.29) is 5.97 Å². The monoisotopic (exact) mass is 300 g/mol. The molecule has 0 spiro atoms. The first kappa shape index (κ1) is 14.6. The van der Waals surface area contributed by atoms with Crippen molar-refractivity contribution >= 4 is 22.6 Å². The van der Waals surface area contributed by atoms with Crippen LogP contribution in [0.15, 0.2) is 23.4 Å². The molecule has 1 heterocycles. The van der Waals surface area contributed by atoms with Gasteiger partial charge in [0.25, 0.3) is 0 Å². The Morgan fingerprint density at radius 2 is 2.23 bits per heavy atom. The number of carbonyl (C=O) groups is 1. The normalized spacial score (nSPS) is 16.0. The first-order chi connectivity index (χ1) is 10.7. The lowest BCUT2D eigenvalue weighted by molar-refractivity contribution is 0.0602. The summed E-state index contributed by atoms with van der Waals surface area (Å²) in [5.41, 5.74) is 4.32. The number of hydrogen-bond donors (Lipinski definition) is 1. The number of hydrogen-bond acceptors (Lipinski definition) is 4. The van der Waals surface area contributed by atoms with Crippen LogP contribution in [0, 0.1) is 0 Å². The molecule has 22 heavy (non-hydrogen) atoms. The van der Waals surface area contributed by atoms with E-state index in [1.54, 1.807) is 6.07 Å². The Hall–Kier alpha value is -2.30. The van der Waals surface area contributed by atoms with Crippen LogP contribution >= 0.6 is 0 Å². The fourth-order valence-electron chi connectivity index (χ4n) is 3.44. The molecule has 1 aromatic heterocycles. The Labute approximate surface area is 129 Å². The standard InChI is InChI=1S/C17H20N2O3/c1-3-10-19-14-9-5-8-13(18-21)15(14)11-6-4-7-12(16(11)19)17(20)22-2/h4,6-7,21H,3,5,8-10H2,1-2H3. The number of benzene rings is 1. The fraction of sp³-hybridized carbons (Fsp3) is 0.412. The van der Waals surface area contributed by atoms with Gasteiger partial charge < -0.3 is 14.5 Å². The first-order valence-corrected chi connectivity index (χ1v) is 7.66. The maximum atomic E-state index is 12.1. The van der Waals surface area contributed by atoms with Gasteiger partial charge in [0.1, 0.15) is 0 Å². The molecule has 2 aromatic rings. The van der Waals surface area contributed by atoms with Gasteiger partial charge in [0, 0.05) is 23.2 Å². The SMILES string of the molecule is CCCn1c2c(c3cccc(C(=O)OC)c31)C(=NO)CCC2. The first-order valence-electron chi connectivity index (χ1n) is 7.66. The molecule has 0 unspecified atom stereocenters. The van der Waals surface area contributed by atoms with Gasteiger partial charge >= 0.3 is 5.97 Å². The van der Waals surface area contributed by atoms with Crippen LogP contribution in [0.25, 0.3) is 10.9 Å². The second-order valence-electron chi connectivity index (χ2n) is 5.57. The third-order valence-electron chi connectivity index (χ3n) is 4.28. The number of aryl methyl sites for hydroxylation is 1. The molecule has 0 fully saturated rings. The third kappa shape index (κ3) is 2.08. The summed E-state index contributed by atoms with van der Waals surface area (Å²) in [7, 11) is 1.40. The summed E-state index contributed by atoms with van der Waals surface area (Å²) in [5.74, 6) is -0.333. The highest BCUT2D eigenvalue weighted by Gasteiger charge is 2.27. The van der Waals surface area contributed by atoms with Crippen molar-refractivity contribution in [2.45, 2.75) is 39.2 Å². The van der Waals surface area contributed by atoms with Gasteiger partial charge in [-0.25, -0.2) is 4.79 Å². The largest absolute Gasteiger partial charge is 0.465 e. The van der Waals surface area contributed by atoms with Crippen LogP contribution in [0.3, 0.4) is 0 Å². The van der Waals surface area contributed by atoms with Crippen molar-refractivity contribution < 1.29 is 14.7 Å². The van der Waals surface area contributed by atoms with Gasteiger partial charge in [0.05, 0.1) is 23.9 Å². The molecule has 0 saturated carbocycles. The van der Waals surface area contributed by atoms with E-state index >= 15 is 0 Å². The van der Waals surface area contributed by atoms with E-state index in [2.05, 4.69) is 16.6 Å². The Balaban J connectivity index is 2.39. The maximum absolute atomic E-state index is 12.1. The van der Waals surface area contributed by atoms with Gasteiger partial charge in [0.2, 0.25) is 0 Å². The molecule has 1 aliphatic rings. The predicted octanol–water partition coefficient (Wildman–Crippen LogP) is 3.35. The summed E-state index contributed by atoms with van der Waals surface area (Å²) in [5, 5.41) is 13.8. The van der Waals surface area contributed by atoms with Crippen molar-refractivity contribution in [3.8, 4) is 0 Å². The van der Waals surface area contributed by atoms with Gasteiger partial charge in [-0.05, 0) is 31.7 Å². The summed E-state index contributed by atoms with van der Waals surface area (Å²) in [6.45, 7) is 2.95. The Morgan fingerprint density at radius 1 is 1.41 bits per heavy atom. The summed E-state index contributed by atoms with van der Waals surface area (Å²) in [4.78, 5) is 12.1. The molecule has 0 aliphatic heterocycles. The molecule has 116 valence electrons. The molecule has 0 bridgehead atoms. The van der Waals surface area contributed by atoms with Crippen molar-refractivity contribution in [1.82, 2.24) is 4.57 Å². The van der Waals surface area contributed by atoms with Gasteiger partial charge in [0.15, 0.2) is 0 Å². The highest BCUT2D eigenvalue weighted by atomic mass is 16.5. The van der Waals surface area contributed by atoms with Crippen LogP contribution in [-0.4, -0.2) is 28.6 Å². The zero-order valence-corrected chi connectivity index (χ0v) is 12.9. The quantitative estimate of drug-likeness (QED) is 0.537. The lowest BCUT2D eigenvalue weighted by Gasteiger charge is -2.16. The minimum Gasteiger partial charge on any atom is -0.465 e. The highest BCUT2D eigenvalue weighted by Crippen LogP contribution is 2.34. The Morgan fingerprint density at radius 3 is 2.91 bits per heavy atom. The van der Waals surface area contributed by atoms with Gasteiger partial charge in [-0.15, -0.1) is 0 Å². The van der Waals surface area contributed by atoms with Crippen LogP contribution in [0.1, 0.15) is 47.8 Å². The van der Waals surface area contributed by atoms with Crippen LogP contribution in [0.5, 0.6) is 0 Å². The molecular weight excluding hydrogens is 280 g/mol. The number of methoxy groups -OCH3 is 1. The average Bonchev–Trinajstić information content (AvgIpc) is 2.89. The van der Waals surface area contributed by atoms with Gasteiger partial charge in [-0.1, -0.05) is 24.2 Å². The van der Waals surface area contributed by atoms with Gasteiger partial charge in [-0.3, -0.25) is 0 Å². The van der Waals surface area contributed by atoms with E-state index < -0.39 is 0 Å². The topological polar surface area (TPSA) is 63.8 Å². The molecule has 1 N–H and O–H groups in total. The number of nitrogens with zero attached hydrogens (tertiary/aromatic N) is 2. The highest BCUT2D eigenvalue weighted by molar-refractivity contribution is 6.16. The molecule has 5 heteroatoms. The molecule has 5 nitrogen and oxygen atoms in total. The molecule has 0 atom stereocenters. The van der Waals surface area contributed by atoms with Crippen LogP contribution in [-0.2, 0) is 17.7 Å². The van der Waals surface area contributed by atoms with E-state index in [9.17, 15) is 10.0 Å². The molecule has 1 aromatic carbocycles. The van der Waals surface area contributed by atoms with E-state index in [1.807, 2.05) is 12.1 Å². The summed E-state index contributed by atoms with van der Waals surface area (Å²) < 4.78 is 7.13. The Bertz CT molecular complexity index is 759. The maximum Gasteiger partial charge on any atom is 0.340 e. The lowest BCUT2D eigenvalue weighted by Crippen LogP contribution is -2.14. The number of ether oxygens (including phenoxy) is 1. The second kappa shape index (κ2) is 5.83. The van der Waals surface area contributed by atoms with Crippen molar-refractivity contribution in [3.63, 3.8) is 0 Å². The van der Waals surface area contributed by atoms with Crippen LogP contribution < -0.4 is 0 Å². The molecule has 0 amide bonds. The minimum absolute atomic E-state index is 0.333. The van der Waals surface area contributed by atoms with Gasteiger partial charge in [-0.2, -0.15) is 0 Å². The number of para-hydroxylation sites is 1. The minimum atomic E-state index is -0.333. The zero-order chi connectivity index (χ0) is 15.7. The number of carbonyl (C=O) groups excluding carboxylic acids is 1. The Kier molecular flexibility index (Phi) is 3.88. The number of fused-ring (bicyclic) bond motifs is 3. The molecular formula is C17H20N2O3. The van der Waals surface area contributed by atoms with Crippen molar-refractivity contribution in [2.75, 3.05) is 7.11 Å². The number of aromatic nitrogens is 1. The fourth-order valence-corrected chi connectivity index (χ4v) is 3.44. The van der Waals surface area contributed by atoms with Crippen LogP contribution in [0.4, 0.5) is 0 Å². The smallest absolute Gasteiger partial charge is 0.340 e. The molecule has 1 aliphatic carbocycles.